The Bertz CT molecular complexity index is 908. The quantitative estimate of drug-likeness (QED) is 0.700. The summed E-state index contributed by atoms with van der Waals surface area (Å²) in [5, 5.41) is 19.8. The fourth-order valence-electron chi connectivity index (χ4n) is 2.83. The topological polar surface area (TPSA) is 60.2 Å². The molecule has 0 spiro atoms. The van der Waals surface area contributed by atoms with Crippen molar-refractivity contribution < 1.29 is 9.84 Å². The number of aliphatic hydroxyl groups is 1. The highest BCUT2D eigenvalue weighted by Crippen LogP contribution is 2.35. The van der Waals surface area contributed by atoms with E-state index in [2.05, 4.69) is 10.3 Å². The van der Waals surface area contributed by atoms with Crippen LogP contribution in [0.15, 0.2) is 54.6 Å². The Hall–Kier alpha value is -2.66. The van der Waals surface area contributed by atoms with Gasteiger partial charge >= 0.3 is 0 Å². The Balaban J connectivity index is 2.32. The van der Waals surface area contributed by atoms with Crippen LogP contribution < -0.4 is 0 Å². The van der Waals surface area contributed by atoms with Crippen LogP contribution in [0.2, 0.25) is 0 Å². The van der Waals surface area contributed by atoms with Crippen LogP contribution in [-0.2, 0) is 4.74 Å². The third kappa shape index (κ3) is 3.48. The lowest BCUT2D eigenvalue weighted by Crippen LogP contribution is -2.31. The molecule has 0 saturated carbocycles. The zero-order chi connectivity index (χ0) is 18.7. The van der Waals surface area contributed by atoms with Gasteiger partial charge in [0.1, 0.15) is 17.3 Å². The fraction of sp³-hybridized carbons (Fsp3) is 0.333. The van der Waals surface area contributed by atoms with Crippen LogP contribution in [-0.4, -0.2) is 32.8 Å². The van der Waals surface area contributed by atoms with E-state index in [4.69, 9.17) is 4.74 Å². The average Bonchev–Trinajstić information content (AvgIpc) is 3.05. The molecule has 0 saturated heterocycles. The summed E-state index contributed by atoms with van der Waals surface area (Å²) in [6, 6.07) is 17.5. The van der Waals surface area contributed by atoms with Crippen molar-refractivity contribution in [2.75, 3.05) is 6.61 Å². The molecule has 1 heterocycles. The number of nitrogens with zero attached hydrogens (tertiary/aromatic N) is 3. The molecule has 0 radical (unpaired) electrons. The molecule has 26 heavy (non-hydrogen) atoms. The summed E-state index contributed by atoms with van der Waals surface area (Å²) in [4.78, 5) is 0. The van der Waals surface area contributed by atoms with Gasteiger partial charge in [0.25, 0.3) is 0 Å². The molecule has 1 atom stereocenters. The molecule has 5 heteroatoms. The Morgan fingerprint density at radius 2 is 1.73 bits per heavy atom. The van der Waals surface area contributed by atoms with Gasteiger partial charge in [0, 0.05) is 5.56 Å². The van der Waals surface area contributed by atoms with Gasteiger partial charge < -0.3 is 9.84 Å². The molecule has 0 amide bonds. The normalized spacial score (nSPS) is 14.2. The van der Waals surface area contributed by atoms with Crippen molar-refractivity contribution >= 4 is 22.5 Å². The number of para-hydroxylation sites is 1. The van der Waals surface area contributed by atoms with E-state index in [0.29, 0.717) is 18.1 Å². The van der Waals surface area contributed by atoms with Crippen molar-refractivity contribution in [3.63, 3.8) is 0 Å². The molecule has 0 bridgehead atoms. The Labute approximate surface area is 153 Å². The summed E-state index contributed by atoms with van der Waals surface area (Å²) in [5.41, 5.74) is 2.69. The van der Waals surface area contributed by atoms with E-state index in [-0.39, 0.29) is 0 Å². The number of benzene rings is 2. The maximum Gasteiger partial charge on any atom is 0.150 e. The molecule has 136 valence electrons. The summed E-state index contributed by atoms with van der Waals surface area (Å²) >= 11 is 0. The summed E-state index contributed by atoms with van der Waals surface area (Å²) in [6.45, 7) is 8.39. The molecule has 0 aliphatic heterocycles. The first kappa shape index (κ1) is 18.1. The van der Waals surface area contributed by atoms with Crippen LogP contribution >= 0.6 is 0 Å². The van der Waals surface area contributed by atoms with Crippen molar-refractivity contribution in [2.45, 2.75) is 33.8 Å². The molecule has 0 aliphatic carbocycles. The van der Waals surface area contributed by atoms with Gasteiger partial charge in [0.05, 0.1) is 12.1 Å². The maximum atomic E-state index is 11.2. The van der Waals surface area contributed by atoms with E-state index in [0.717, 1.165) is 16.6 Å². The lowest BCUT2D eigenvalue weighted by Gasteiger charge is -2.30. The average molecular weight is 351 g/mol. The van der Waals surface area contributed by atoms with Gasteiger partial charge in [-0.05, 0) is 24.5 Å². The van der Waals surface area contributed by atoms with Gasteiger partial charge in [-0.1, -0.05) is 68.4 Å². The van der Waals surface area contributed by atoms with E-state index in [1.807, 2.05) is 82.3 Å². The first-order valence-corrected chi connectivity index (χ1v) is 8.84. The minimum atomic E-state index is -0.797. The summed E-state index contributed by atoms with van der Waals surface area (Å²) in [6.07, 6.45) is -0.797. The predicted octanol–water partition coefficient (Wildman–Crippen LogP) is 4.20. The summed E-state index contributed by atoms with van der Waals surface area (Å²) in [5.74, 6) is 0.617. The van der Waals surface area contributed by atoms with Gasteiger partial charge in [0.15, 0.2) is 5.76 Å². The molecule has 3 aromatic rings. The zero-order valence-corrected chi connectivity index (χ0v) is 15.7. The minimum absolute atomic E-state index is 0.403. The van der Waals surface area contributed by atoms with Gasteiger partial charge in [-0.3, -0.25) is 0 Å². The van der Waals surface area contributed by atoms with Gasteiger partial charge in [-0.15, -0.1) is 5.10 Å². The number of fused-ring (bicyclic) bond motifs is 1. The van der Waals surface area contributed by atoms with Crippen molar-refractivity contribution in [1.29, 1.82) is 0 Å². The predicted molar refractivity (Wildman–Crippen MR) is 104 cm³/mol. The first-order chi connectivity index (χ1) is 12.4. The monoisotopic (exact) mass is 351 g/mol. The molecule has 2 aromatic carbocycles. The summed E-state index contributed by atoms with van der Waals surface area (Å²) in [7, 11) is 0. The Morgan fingerprint density at radius 3 is 2.38 bits per heavy atom. The van der Waals surface area contributed by atoms with Crippen LogP contribution in [0.1, 0.15) is 33.3 Å². The lowest BCUT2D eigenvalue weighted by molar-refractivity contribution is 0.107. The van der Waals surface area contributed by atoms with Crippen molar-refractivity contribution in [3.8, 4) is 0 Å². The van der Waals surface area contributed by atoms with Crippen molar-refractivity contribution in [1.82, 2.24) is 15.0 Å². The highest BCUT2D eigenvalue weighted by Gasteiger charge is 2.32. The Kier molecular flexibility index (Phi) is 5.09. The minimum Gasteiger partial charge on any atom is -0.491 e. The highest BCUT2D eigenvalue weighted by molar-refractivity contribution is 5.86. The molecule has 1 unspecified atom stereocenters. The third-order valence-electron chi connectivity index (χ3n) is 4.22. The summed E-state index contributed by atoms with van der Waals surface area (Å²) < 4.78 is 7.71. The standard InChI is InChI=1S/C21H25N3O2/c1-5-26-19(15-11-7-6-8-12-15)18(20(25)21(2,3)4)24-17-14-10-9-13-16(17)22-23-24/h6-14,20,25H,5H2,1-4H3. The van der Waals surface area contributed by atoms with E-state index >= 15 is 0 Å². The zero-order valence-electron chi connectivity index (χ0n) is 15.7. The molecule has 1 N–H and O–H groups in total. The largest absolute Gasteiger partial charge is 0.491 e. The number of aliphatic hydroxyl groups excluding tert-OH is 1. The maximum absolute atomic E-state index is 11.2. The number of hydrogen-bond donors (Lipinski definition) is 1. The van der Waals surface area contributed by atoms with Crippen molar-refractivity contribution in [2.24, 2.45) is 5.41 Å². The van der Waals surface area contributed by atoms with Crippen LogP contribution in [0, 0.1) is 5.41 Å². The van der Waals surface area contributed by atoms with E-state index in [1.165, 1.54) is 0 Å². The molecule has 0 aliphatic rings. The van der Waals surface area contributed by atoms with Crippen LogP contribution in [0.25, 0.3) is 22.5 Å². The third-order valence-corrected chi connectivity index (χ3v) is 4.22. The van der Waals surface area contributed by atoms with Crippen molar-refractivity contribution in [3.05, 3.63) is 60.2 Å². The molecule has 0 fully saturated rings. The molecular weight excluding hydrogens is 326 g/mol. The van der Waals surface area contributed by atoms with Gasteiger partial charge in [-0.2, -0.15) is 0 Å². The molecule has 1 aromatic heterocycles. The smallest absolute Gasteiger partial charge is 0.150 e. The van der Waals surface area contributed by atoms with Crippen LogP contribution in [0.5, 0.6) is 0 Å². The Morgan fingerprint density at radius 1 is 1.08 bits per heavy atom. The SMILES string of the molecule is CCOC(=C(C(O)C(C)(C)C)n1nnc2ccccc21)c1ccccc1. The highest BCUT2D eigenvalue weighted by atomic mass is 16.5. The lowest BCUT2D eigenvalue weighted by atomic mass is 9.86. The molecule has 3 rings (SSSR count). The number of rotatable bonds is 5. The fourth-order valence-corrected chi connectivity index (χ4v) is 2.83. The van der Waals surface area contributed by atoms with E-state index in [1.54, 1.807) is 4.68 Å². The number of ether oxygens (including phenoxy) is 1. The second-order valence-corrected chi connectivity index (χ2v) is 7.27. The van der Waals surface area contributed by atoms with Gasteiger partial charge in [-0.25, -0.2) is 4.68 Å². The van der Waals surface area contributed by atoms with Crippen LogP contribution in [0.3, 0.4) is 0 Å². The first-order valence-electron chi connectivity index (χ1n) is 8.84. The van der Waals surface area contributed by atoms with Gasteiger partial charge in [0.2, 0.25) is 0 Å². The molecular formula is C21H25N3O2. The van der Waals surface area contributed by atoms with E-state index in [9.17, 15) is 5.11 Å². The second-order valence-electron chi connectivity index (χ2n) is 7.27. The second kappa shape index (κ2) is 7.30. The number of aromatic nitrogens is 3. The van der Waals surface area contributed by atoms with Crippen LogP contribution in [0.4, 0.5) is 0 Å². The molecule has 5 nitrogen and oxygen atoms in total. The number of hydrogen-bond acceptors (Lipinski definition) is 4. The van der Waals surface area contributed by atoms with E-state index < -0.39 is 11.5 Å².